The summed E-state index contributed by atoms with van der Waals surface area (Å²) in [6, 6.07) is 7.93. The third-order valence-corrected chi connectivity index (χ3v) is 4.85. The molecule has 0 atom stereocenters. The average molecular weight is 339 g/mol. The molecule has 1 aromatic carbocycles. The summed E-state index contributed by atoms with van der Waals surface area (Å²) in [6.45, 7) is 1.94. The number of aromatic nitrogens is 2. The minimum atomic E-state index is -0.306. The average Bonchev–Trinajstić information content (AvgIpc) is 3.14. The molecule has 0 spiro atoms. The predicted octanol–water partition coefficient (Wildman–Crippen LogP) is 4.24. The molecule has 1 amide bonds. The quantitative estimate of drug-likeness (QED) is 0.722. The van der Waals surface area contributed by atoms with E-state index >= 15 is 0 Å². The van der Waals surface area contributed by atoms with Crippen molar-refractivity contribution in [1.82, 2.24) is 15.5 Å². The summed E-state index contributed by atoms with van der Waals surface area (Å²) in [6.07, 6.45) is 6.80. The van der Waals surface area contributed by atoms with Crippen LogP contribution in [0.3, 0.4) is 0 Å². The molecule has 6 heteroatoms. The number of rotatable bonds is 3. The van der Waals surface area contributed by atoms with Gasteiger partial charge in [-0.2, -0.15) is 0 Å². The van der Waals surface area contributed by atoms with E-state index in [1.54, 1.807) is 0 Å². The Morgan fingerprint density at radius 3 is 2.60 bits per heavy atom. The van der Waals surface area contributed by atoms with Crippen LogP contribution in [0.2, 0.25) is 0 Å². The second-order valence-corrected chi connectivity index (χ2v) is 6.63. The van der Waals surface area contributed by atoms with Crippen molar-refractivity contribution in [1.29, 1.82) is 0 Å². The molecule has 130 valence electrons. The molecule has 2 aromatic heterocycles. The van der Waals surface area contributed by atoms with Crippen LogP contribution in [0, 0.1) is 6.92 Å². The Labute approximate surface area is 145 Å². The van der Waals surface area contributed by atoms with Crippen molar-refractivity contribution >= 4 is 16.9 Å². The number of nitrogens with zero attached hydrogens (tertiary/aromatic N) is 2. The van der Waals surface area contributed by atoms with E-state index in [4.69, 9.17) is 8.83 Å². The zero-order valence-corrected chi connectivity index (χ0v) is 14.2. The molecule has 0 bridgehead atoms. The van der Waals surface area contributed by atoms with Crippen LogP contribution in [-0.4, -0.2) is 22.1 Å². The molecule has 3 aromatic rings. The number of benzene rings is 1. The maximum atomic E-state index is 12.4. The SMILES string of the molecule is Cc1c(-c2nnc(C(=O)NC3CCCCCC3)o2)oc2ccccc12. The number of para-hydroxylation sites is 1. The summed E-state index contributed by atoms with van der Waals surface area (Å²) < 4.78 is 11.4. The van der Waals surface area contributed by atoms with E-state index in [1.165, 1.54) is 12.8 Å². The van der Waals surface area contributed by atoms with Gasteiger partial charge in [0.15, 0.2) is 5.76 Å². The second-order valence-electron chi connectivity index (χ2n) is 6.63. The van der Waals surface area contributed by atoms with Crippen LogP contribution in [0.4, 0.5) is 0 Å². The Balaban J connectivity index is 1.54. The van der Waals surface area contributed by atoms with E-state index < -0.39 is 0 Å². The first-order valence-corrected chi connectivity index (χ1v) is 8.85. The van der Waals surface area contributed by atoms with Gasteiger partial charge in [-0.3, -0.25) is 4.79 Å². The Hall–Kier alpha value is -2.63. The maximum Gasteiger partial charge on any atom is 0.309 e. The van der Waals surface area contributed by atoms with Crippen LogP contribution in [0.25, 0.3) is 22.6 Å². The lowest BCUT2D eigenvalue weighted by Crippen LogP contribution is -2.34. The highest BCUT2D eigenvalue weighted by Crippen LogP contribution is 2.32. The van der Waals surface area contributed by atoms with Crippen molar-refractivity contribution in [2.75, 3.05) is 0 Å². The fourth-order valence-corrected chi connectivity index (χ4v) is 3.46. The van der Waals surface area contributed by atoms with Crippen molar-refractivity contribution < 1.29 is 13.6 Å². The summed E-state index contributed by atoms with van der Waals surface area (Å²) in [5, 5.41) is 11.9. The summed E-state index contributed by atoms with van der Waals surface area (Å²) in [7, 11) is 0. The third-order valence-electron chi connectivity index (χ3n) is 4.85. The van der Waals surface area contributed by atoms with Crippen molar-refractivity contribution in [2.45, 2.75) is 51.5 Å². The number of aryl methyl sites for hydroxylation is 1. The molecule has 0 unspecified atom stereocenters. The van der Waals surface area contributed by atoms with Crippen molar-refractivity contribution in [3.05, 3.63) is 35.7 Å². The predicted molar refractivity (Wildman–Crippen MR) is 93.2 cm³/mol. The number of hydrogen-bond acceptors (Lipinski definition) is 5. The number of amides is 1. The van der Waals surface area contributed by atoms with Gasteiger partial charge in [0.05, 0.1) is 0 Å². The molecule has 1 N–H and O–H groups in total. The lowest BCUT2D eigenvalue weighted by molar-refractivity contribution is 0.0898. The molecular weight excluding hydrogens is 318 g/mol. The third kappa shape index (κ3) is 3.16. The van der Waals surface area contributed by atoms with Gasteiger partial charge in [-0.05, 0) is 25.8 Å². The van der Waals surface area contributed by atoms with Crippen LogP contribution in [0.5, 0.6) is 0 Å². The molecule has 4 rings (SSSR count). The molecule has 0 radical (unpaired) electrons. The Bertz CT molecular complexity index is 888. The van der Waals surface area contributed by atoms with E-state index in [1.807, 2.05) is 31.2 Å². The van der Waals surface area contributed by atoms with E-state index in [-0.39, 0.29) is 23.7 Å². The number of fused-ring (bicyclic) bond motifs is 1. The standard InChI is InChI=1S/C19H21N3O3/c1-12-14-10-6-7-11-15(14)24-16(12)18-21-22-19(25-18)17(23)20-13-8-4-2-3-5-9-13/h6-7,10-11,13H,2-5,8-9H2,1H3,(H,20,23). The smallest absolute Gasteiger partial charge is 0.309 e. The van der Waals surface area contributed by atoms with Crippen LogP contribution in [0.1, 0.15) is 54.8 Å². The van der Waals surface area contributed by atoms with Crippen LogP contribution in [-0.2, 0) is 0 Å². The monoisotopic (exact) mass is 339 g/mol. The van der Waals surface area contributed by atoms with Gasteiger partial charge in [0, 0.05) is 17.0 Å². The summed E-state index contributed by atoms with van der Waals surface area (Å²) in [5.74, 6) is 0.431. The molecular formula is C19H21N3O3. The lowest BCUT2D eigenvalue weighted by Gasteiger charge is -2.14. The number of furan rings is 1. The van der Waals surface area contributed by atoms with E-state index in [2.05, 4.69) is 15.5 Å². The Morgan fingerprint density at radius 1 is 1.08 bits per heavy atom. The fraction of sp³-hybridized carbons (Fsp3) is 0.421. The zero-order valence-electron chi connectivity index (χ0n) is 14.2. The maximum absolute atomic E-state index is 12.4. The molecule has 0 aliphatic heterocycles. The van der Waals surface area contributed by atoms with Gasteiger partial charge in [-0.15, -0.1) is 10.2 Å². The number of carbonyl (C=O) groups excluding carboxylic acids is 1. The molecule has 1 fully saturated rings. The zero-order chi connectivity index (χ0) is 17.2. The summed E-state index contributed by atoms with van der Waals surface area (Å²) >= 11 is 0. The van der Waals surface area contributed by atoms with Gasteiger partial charge >= 0.3 is 11.8 Å². The molecule has 2 heterocycles. The van der Waals surface area contributed by atoms with Crippen molar-refractivity contribution in [2.24, 2.45) is 0 Å². The van der Waals surface area contributed by atoms with Gasteiger partial charge in [-0.25, -0.2) is 0 Å². The van der Waals surface area contributed by atoms with Crippen LogP contribution >= 0.6 is 0 Å². The Kier molecular flexibility index (Phi) is 4.26. The number of nitrogens with one attached hydrogen (secondary N) is 1. The first-order chi connectivity index (χ1) is 12.2. The first kappa shape index (κ1) is 15.9. The molecule has 1 aliphatic carbocycles. The highest BCUT2D eigenvalue weighted by molar-refractivity contribution is 5.90. The second kappa shape index (κ2) is 6.70. The molecule has 1 aliphatic rings. The van der Waals surface area contributed by atoms with E-state index in [0.29, 0.717) is 5.76 Å². The van der Waals surface area contributed by atoms with Crippen LogP contribution < -0.4 is 5.32 Å². The first-order valence-electron chi connectivity index (χ1n) is 8.85. The molecule has 0 saturated heterocycles. The summed E-state index contributed by atoms with van der Waals surface area (Å²) in [5.41, 5.74) is 1.69. The minimum absolute atomic E-state index is 0.0147. The van der Waals surface area contributed by atoms with Crippen molar-refractivity contribution in [3.8, 4) is 11.7 Å². The highest BCUT2D eigenvalue weighted by Gasteiger charge is 2.23. The number of hydrogen-bond donors (Lipinski definition) is 1. The highest BCUT2D eigenvalue weighted by atomic mass is 16.4. The summed E-state index contributed by atoms with van der Waals surface area (Å²) in [4.78, 5) is 12.4. The Morgan fingerprint density at radius 2 is 1.84 bits per heavy atom. The minimum Gasteiger partial charge on any atom is -0.451 e. The van der Waals surface area contributed by atoms with E-state index in [9.17, 15) is 4.79 Å². The fourth-order valence-electron chi connectivity index (χ4n) is 3.46. The molecule has 25 heavy (non-hydrogen) atoms. The molecule has 6 nitrogen and oxygen atoms in total. The van der Waals surface area contributed by atoms with Gasteiger partial charge < -0.3 is 14.2 Å². The number of carbonyl (C=O) groups is 1. The van der Waals surface area contributed by atoms with Gasteiger partial charge in [0.2, 0.25) is 0 Å². The van der Waals surface area contributed by atoms with Gasteiger partial charge in [-0.1, -0.05) is 43.9 Å². The van der Waals surface area contributed by atoms with E-state index in [0.717, 1.165) is 42.2 Å². The van der Waals surface area contributed by atoms with Gasteiger partial charge in [0.25, 0.3) is 5.89 Å². The largest absolute Gasteiger partial charge is 0.451 e. The van der Waals surface area contributed by atoms with Crippen molar-refractivity contribution in [3.63, 3.8) is 0 Å². The lowest BCUT2D eigenvalue weighted by atomic mass is 10.1. The molecule has 1 saturated carbocycles. The normalized spacial score (nSPS) is 16.0. The van der Waals surface area contributed by atoms with Crippen LogP contribution in [0.15, 0.2) is 33.1 Å². The van der Waals surface area contributed by atoms with Gasteiger partial charge in [0.1, 0.15) is 5.58 Å². The topological polar surface area (TPSA) is 81.2 Å².